The van der Waals surface area contributed by atoms with Crippen LogP contribution in [-0.4, -0.2) is 62.1 Å². The Hall–Kier alpha value is -1.41. The van der Waals surface area contributed by atoms with Gasteiger partial charge < -0.3 is 9.64 Å². The lowest BCUT2D eigenvalue weighted by atomic mass is 10.2. The molecular formula is C12H19N5O2S. The molecule has 0 N–H and O–H groups in total. The van der Waals surface area contributed by atoms with Crippen molar-refractivity contribution in [1.82, 2.24) is 25.1 Å². The molecule has 20 heavy (non-hydrogen) atoms. The van der Waals surface area contributed by atoms with E-state index >= 15 is 0 Å². The highest BCUT2D eigenvalue weighted by Gasteiger charge is 2.26. The predicted octanol–water partition coefficient (Wildman–Crippen LogP) is 0.587. The van der Waals surface area contributed by atoms with E-state index in [0.717, 1.165) is 0 Å². The van der Waals surface area contributed by atoms with Crippen LogP contribution >= 0.6 is 11.8 Å². The Kier molecular flexibility index (Phi) is 5.13. The maximum Gasteiger partial charge on any atom is 0.233 e. The molecule has 1 fully saturated rings. The van der Waals surface area contributed by atoms with Gasteiger partial charge in [0.05, 0.1) is 24.5 Å². The zero-order valence-electron chi connectivity index (χ0n) is 11.7. The second-order valence-corrected chi connectivity index (χ2v) is 5.72. The third-order valence-corrected chi connectivity index (χ3v) is 3.84. The fraction of sp³-hybridized carbons (Fsp3) is 0.667. The maximum atomic E-state index is 12.2. The number of carbonyl (C=O) groups is 1. The van der Waals surface area contributed by atoms with E-state index in [1.165, 1.54) is 11.8 Å². The molecule has 2 atom stereocenters. The van der Waals surface area contributed by atoms with E-state index < -0.39 is 0 Å². The number of rotatable bonds is 5. The third-order valence-electron chi connectivity index (χ3n) is 2.90. The fourth-order valence-corrected chi connectivity index (χ4v) is 2.93. The molecule has 0 bridgehead atoms. The highest BCUT2D eigenvalue weighted by Crippen LogP contribution is 2.17. The predicted molar refractivity (Wildman–Crippen MR) is 75.3 cm³/mol. The van der Waals surface area contributed by atoms with Gasteiger partial charge >= 0.3 is 0 Å². The minimum absolute atomic E-state index is 0.0822. The molecule has 1 aromatic rings. The van der Waals surface area contributed by atoms with Crippen LogP contribution in [0.1, 0.15) is 13.8 Å². The van der Waals surface area contributed by atoms with Gasteiger partial charge in [0.1, 0.15) is 0 Å². The largest absolute Gasteiger partial charge is 0.372 e. The molecule has 1 aromatic heterocycles. The van der Waals surface area contributed by atoms with Crippen LogP contribution in [-0.2, 0) is 16.1 Å². The summed E-state index contributed by atoms with van der Waals surface area (Å²) in [6.45, 7) is 9.42. The van der Waals surface area contributed by atoms with Gasteiger partial charge in [-0.2, -0.15) is 0 Å². The summed E-state index contributed by atoms with van der Waals surface area (Å²) in [5, 5.41) is 12.0. The van der Waals surface area contributed by atoms with E-state index in [1.807, 2.05) is 18.7 Å². The quantitative estimate of drug-likeness (QED) is 0.585. The molecule has 7 nitrogen and oxygen atoms in total. The van der Waals surface area contributed by atoms with Crippen LogP contribution in [0.4, 0.5) is 0 Å². The van der Waals surface area contributed by atoms with Crippen molar-refractivity contribution in [2.75, 3.05) is 18.8 Å². The van der Waals surface area contributed by atoms with Gasteiger partial charge in [-0.3, -0.25) is 4.79 Å². The zero-order chi connectivity index (χ0) is 14.5. The van der Waals surface area contributed by atoms with Crippen molar-refractivity contribution < 1.29 is 9.53 Å². The standard InChI is InChI=1S/C12H19N5O2S/c1-4-5-17-12(13-14-15-17)20-8-11(18)16-6-9(2)19-10(3)7-16/h4,9-10H,1,5-8H2,2-3H3. The molecule has 0 radical (unpaired) electrons. The number of allylic oxidation sites excluding steroid dienone is 1. The highest BCUT2D eigenvalue weighted by molar-refractivity contribution is 7.99. The molecule has 1 aliphatic rings. The van der Waals surface area contributed by atoms with E-state index in [9.17, 15) is 4.79 Å². The maximum absolute atomic E-state index is 12.2. The molecule has 2 rings (SSSR count). The minimum atomic E-state index is 0.0822. The first-order valence-electron chi connectivity index (χ1n) is 6.53. The van der Waals surface area contributed by atoms with Crippen LogP contribution in [0.2, 0.25) is 0 Å². The summed E-state index contributed by atoms with van der Waals surface area (Å²) in [5.74, 6) is 0.418. The normalized spacial score (nSPS) is 22.8. The first-order valence-corrected chi connectivity index (χ1v) is 7.51. The molecule has 110 valence electrons. The molecule has 0 aromatic carbocycles. The Morgan fingerprint density at radius 2 is 2.20 bits per heavy atom. The second-order valence-electron chi connectivity index (χ2n) is 4.78. The number of nitrogens with zero attached hydrogens (tertiary/aromatic N) is 5. The van der Waals surface area contributed by atoms with Crippen LogP contribution in [0, 0.1) is 0 Å². The van der Waals surface area contributed by atoms with Crippen molar-refractivity contribution in [3.8, 4) is 0 Å². The van der Waals surface area contributed by atoms with Crippen molar-refractivity contribution in [3.63, 3.8) is 0 Å². The average molecular weight is 297 g/mol. The van der Waals surface area contributed by atoms with Gasteiger partial charge in [0.2, 0.25) is 11.1 Å². The molecule has 0 saturated carbocycles. The molecule has 2 unspecified atom stereocenters. The lowest BCUT2D eigenvalue weighted by Gasteiger charge is -2.35. The molecule has 8 heteroatoms. The van der Waals surface area contributed by atoms with Crippen LogP contribution in [0.15, 0.2) is 17.8 Å². The van der Waals surface area contributed by atoms with Gasteiger partial charge in [0.15, 0.2) is 0 Å². The summed E-state index contributed by atoms with van der Waals surface area (Å²) in [7, 11) is 0. The number of aromatic nitrogens is 4. The summed E-state index contributed by atoms with van der Waals surface area (Å²) >= 11 is 1.34. The Labute approximate surface area is 122 Å². The van der Waals surface area contributed by atoms with Gasteiger partial charge in [0.25, 0.3) is 0 Å². The van der Waals surface area contributed by atoms with Crippen LogP contribution in [0.25, 0.3) is 0 Å². The number of carbonyl (C=O) groups excluding carboxylic acids is 1. The Bertz CT molecular complexity index is 468. The van der Waals surface area contributed by atoms with Gasteiger partial charge in [-0.15, -0.1) is 11.7 Å². The fourth-order valence-electron chi connectivity index (χ4n) is 2.14. The average Bonchev–Trinajstić information content (AvgIpc) is 2.83. The molecule has 1 saturated heterocycles. The number of morpholine rings is 1. The van der Waals surface area contributed by atoms with Crippen LogP contribution in [0.5, 0.6) is 0 Å². The highest BCUT2D eigenvalue weighted by atomic mass is 32.2. The number of ether oxygens (including phenoxy) is 1. The van der Waals surface area contributed by atoms with Crippen molar-refractivity contribution in [2.45, 2.75) is 37.8 Å². The number of amides is 1. The molecule has 0 spiro atoms. The van der Waals surface area contributed by atoms with Crippen molar-refractivity contribution in [3.05, 3.63) is 12.7 Å². The summed E-state index contributed by atoms with van der Waals surface area (Å²) < 4.78 is 7.24. The Morgan fingerprint density at radius 3 is 2.85 bits per heavy atom. The van der Waals surface area contributed by atoms with Crippen LogP contribution < -0.4 is 0 Å². The van der Waals surface area contributed by atoms with E-state index in [2.05, 4.69) is 22.1 Å². The number of thioether (sulfide) groups is 1. The first-order chi connectivity index (χ1) is 9.60. The monoisotopic (exact) mass is 297 g/mol. The molecule has 0 aliphatic carbocycles. The van der Waals surface area contributed by atoms with Gasteiger partial charge in [-0.25, -0.2) is 4.68 Å². The van der Waals surface area contributed by atoms with E-state index in [-0.39, 0.29) is 18.1 Å². The van der Waals surface area contributed by atoms with E-state index in [1.54, 1.807) is 10.8 Å². The number of tetrazole rings is 1. The van der Waals surface area contributed by atoms with Crippen molar-refractivity contribution in [2.24, 2.45) is 0 Å². The topological polar surface area (TPSA) is 73.1 Å². The third kappa shape index (κ3) is 3.80. The van der Waals surface area contributed by atoms with E-state index in [4.69, 9.17) is 4.74 Å². The molecule has 1 aliphatic heterocycles. The van der Waals surface area contributed by atoms with Crippen LogP contribution in [0.3, 0.4) is 0 Å². The molecular weight excluding hydrogens is 278 g/mol. The number of hydrogen-bond donors (Lipinski definition) is 0. The SMILES string of the molecule is C=CCn1nnnc1SCC(=O)N1CC(C)OC(C)C1. The smallest absolute Gasteiger partial charge is 0.233 e. The van der Waals surface area contributed by atoms with Gasteiger partial charge in [0, 0.05) is 13.1 Å². The van der Waals surface area contributed by atoms with Gasteiger partial charge in [-0.05, 0) is 24.3 Å². The zero-order valence-corrected chi connectivity index (χ0v) is 12.5. The second kappa shape index (κ2) is 6.85. The van der Waals surface area contributed by atoms with E-state index in [0.29, 0.717) is 30.5 Å². The summed E-state index contributed by atoms with van der Waals surface area (Å²) in [4.78, 5) is 14.0. The first kappa shape index (κ1) is 15.0. The molecule has 2 heterocycles. The molecule has 1 amide bonds. The summed E-state index contributed by atoms with van der Waals surface area (Å²) in [5.41, 5.74) is 0. The summed E-state index contributed by atoms with van der Waals surface area (Å²) in [6.07, 6.45) is 1.88. The van der Waals surface area contributed by atoms with Crippen molar-refractivity contribution in [1.29, 1.82) is 0 Å². The Balaban J connectivity index is 1.88. The van der Waals surface area contributed by atoms with Gasteiger partial charge in [-0.1, -0.05) is 17.8 Å². The summed E-state index contributed by atoms with van der Waals surface area (Å²) in [6, 6.07) is 0. The Morgan fingerprint density at radius 1 is 1.50 bits per heavy atom. The van der Waals surface area contributed by atoms with Crippen molar-refractivity contribution >= 4 is 17.7 Å². The lowest BCUT2D eigenvalue weighted by molar-refractivity contribution is -0.140. The number of hydrogen-bond acceptors (Lipinski definition) is 6. The lowest BCUT2D eigenvalue weighted by Crippen LogP contribution is -2.48. The minimum Gasteiger partial charge on any atom is -0.372 e.